The van der Waals surface area contributed by atoms with Crippen LogP contribution in [0.1, 0.15) is 46.0 Å². The SMILES string of the molecule is CCCCN(CCCC)S(=O)(=O)N1CCC(CO)C1. The van der Waals surface area contributed by atoms with Crippen molar-refractivity contribution in [3.05, 3.63) is 0 Å². The molecule has 1 heterocycles. The predicted molar refractivity (Wildman–Crippen MR) is 77.1 cm³/mol. The van der Waals surface area contributed by atoms with Crippen molar-refractivity contribution in [2.75, 3.05) is 32.8 Å². The molecule has 0 aromatic carbocycles. The Balaban J connectivity index is 2.68. The monoisotopic (exact) mass is 292 g/mol. The minimum atomic E-state index is -3.33. The summed E-state index contributed by atoms with van der Waals surface area (Å²) in [6, 6.07) is 0. The molecule has 0 amide bonds. The first-order chi connectivity index (χ1) is 9.06. The normalized spacial score (nSPS) is 21.4. The third-order valence-corrected chi connectivity index (χ3v) is 5.68. The molecule has 6 heteroatoms. The van der Waals surface area contributed by atoms with Gasteiger partial charge >= 0.3 is 0 Å². The molecule has 0 aliphatic carbocycles. The van der Waals surface area contributed by atoms with Crippen LogP contribution in [0, 0.1) is 5.92 Å². The molecule has 0 aromatic rings. The smallest absolute Gasteiger partial charge is 0.281 e. The molecule has 0 spiro atoms. The Labute approximate surface area is 117 Å². The predicted octanol–water partition coefficient (Wildman–Crippen LogP) is 1.45. The van der Waals surface area contributed by atoms with Crippen molar-refractivity contribution >= 4 is 10.2 Å². The summed E-state index contributed by atoms with van der Waals surface area (Å²) in [5, 5.41) is 9.14. The Hall–Kier alpha value is -0.170. The van der Waals surface area contributed by atoms with Gasteiger partial charge < -0.3 is 5.11 Å². The number of unbranched alkanes of at least 4 members (excludes halogenated alkanes) is 2. The summed E-state index contributed by atoms with van der Waals surface area (Å²) in [5.41, 5.74) is 0. The van der Waals surface area contributed by atoms with Crippen molar-refractivity contribution in [2.45, 2.75) is 46.0 Å². The van der Waals surface area contributed by atoms with E-state index in [4.69, 9.17) is 5.11 Å². The largest absolute Gasteiger partial charge is 0.396 e. The molecule has 0 saturated carbocycles. The zero-order valence-corrected chi connectivity index (χ0v) is 13.0. The van der Waals surface area contributed by atoms with Gasteiger partial charge in [0.2, 0.25) is 0 Å². The van der Waals surface area contributed by atoms with Gasteiger partial charge in [0, 0.05) is 32.8 Å². The lowest BCUT2D eigenvalue weighted by molar-refractivity contribution is 0.232. The van der Waals surface area contributed by atoms with Gasteiger partial charge in [-0.25, -0.2) is 0 Å². The highest BCUT2D eigenvalue weighted by molar-refractivity contribution is 7.86. The standard InChI is InChI=1S/C13H28N2O3S/c1-3-5-8-14(9-6-4-2)19(17,18)15-10-7-13(11-15)12-16/h13,16H,3-12H2,1-2H3. The molecule has 0 aromatic heterocycles. The summed E-state index contributed by atoms with van der Waals surface area (Å²) in [7, 11) is -3.33. The average molecular weight is 292 g/mol. The van der Waals surface area contributed by atoms with E-state index in [-0.39, 0.29) is 12.5 Å². The molecule has 1 saturated heterocycles. The molecule has 1 aliphatic rings. The summed E-state index contributed by atoms with van der Waals surface area (Å²) < 4.78 is 28.3. The third kappa shape index (κ3) is 4.70. The molecule has 1 atom stereocenters. The Morgan fingerprint density at radius 2 is 1.79 bits per heavy atom. The van der Waals surface area contributed by atoms with Gasteiger partial charge in [0.25, 0.3) is 10.2 Å². The minimum absolute atomic E-state index is 0.0793. The van der Waals surface area contributed by atoms with E-state index in [1.165, 1.54) is 0 Å². The highest BCUT2D eigenvalue weighted by atomic mass is 32.2. The first-order valence-electron chi connectivity index (χ1n) is 7.42. The number of nitrogens with zero attached hydrogens (tertiary/aromatic N) is 2. The molecule has 1 aliphatic heterocycles. The van der Waals surface area contributed by atoms with Crippen molar-refractivity contribution < 1.29 is 13.5 Å². The summed E-state index contributed by atoms with van der Waals surface area (Å²) in [6.07, 6.45) is 4.57. The van der Waals surface area contributed by atoms with Gasteiger partial charge in [-0.2, -0.15) is 17.0 Å². The van der Waals surface area contributed by atoms with Crippen LogP contribution in [-0.4, -0.2) is 54.9 Å². The minimum Gasteiger partial charge on any atom is -0.396 e. The van der Waals surface area contributed by atoms with E-state index >= 15 is 0 Å². The first-order valence-corrected chi connectivity index (χ1v) is 8.82. The van der Waals surface area contributed by atoms with Gasteiger partial charge in [0.1, 0.15) is 0 Å². The maximum Gasteiger partial charge on any atom is 0.281 e. The van der Waals surface area contributed by atoms with Crippen molar-refractivity contribution in [3.8, 4) is 0 Å². The fraction of sp³-hybridized carbons (Fsp3) is 1.00. The Bertz CT molecular complexity index is 338. The fourth-order valence-electron chi connectivity index (χ4n) is 2.33. The fourth-order valence-corrected chi connectivity index (χ4v) is 4.11. The lowest BCUT2D eigenvalue weighted by Crippen LogP contribution is -2.43. The van der Waals surface area contributed by atoms with Gasteiger partial charge in [-0.1, -0.05) is 26.7 Å². The molecule has 1 fully saturated rings. The number of aliphatic hydroxyl groups is 1. The first kappa shape index (κ1) is 16.9. The molecule has 1 rings (SSSR count). The topological polar surface area (TPSA) is 60.9 Å². The van der Waals surface area contributed by atoms with Gasteiger partial charge in [-0.3, -0.25) is 0 Å². The van der Waals surface area contributed by atoms with Crippen LogP contribution in [-0.2, 0) is 10.2 Å². The van der Waals surface area contributed by atoms with E-state index in [1.807, 2.05) is 0 Å². The van der Waals surface area contributed by atoms with Gasteiger partial charge in [-0.05, 0) is 25.2 Å². The average Bonchev–Trinajstić information content (AvgIpc) is 2.88. The lowest BCUT2D eigenvalue weighted by atomic mass is 10.1. The van der Waals surface area contributed by atoms with Crippen LogP contribution < -0.4 is 0 Å². The highest BCUT2D eigenvalue weighted by Crippen LogP contribution is 2.21. The number of aliphatic hydroxyl groups excluding tert-OH is 1. The molecular formula is C13H28N2O3S. The Morgan fingerprint density at radius 1 is 1.21 bits per heavy atom. The molecule has 19 heavy (non-hydrogen) atoms. The van der Waals surface area contributed by atoms with Crippen LogP contribution in [0.25, 0.3) is 0 Å². The van der Waals surface area contributed by atoms with Crippen molar-refractivity contribution in [1.29, 1.82) is 0 Å². The summed E-state index contributed by atoms with van der Waals surface area (Å²) >= 11 is 0. The third-order valence-electron chi connectivity index (χ3n) is 3.68. The van der Waals surface area contributed by atoms with Crippen LogP contribution in [0.4, 0.5) is 0 Å². The highest BCUT2D eigenvalue weighted by Gasteiger charge is 2.34. The molecule has 0 bridgehead atoms. The molecule has 114 valence electrons. The van der Waals surface area contributed by atoms with E-state index in [0.29, 0.717) is 26.2 Å². The van der Waals surface area contributed by atoms with E-state index in [0.717, 1.165) is 32.1 Å². The summed E-state index contributed by atoms with van der Waals surface area (Å²) in [4.78, 5) is 0. The molecular weight excluding hydrogens is 264 g/mol. The van der Waals surface area contributed by atoms with Gasteiger partial charge in [0.15, 0.2) is 0 Å². The maximum atomic E-state index is 12.6. The van der Waals surface area contributed by atoms with Crippen LogP contribution in [0.2, 0.25) is 0 Å². The molecule has 1 unspecified atom stereocenters. The quantitative estimate of drug-likeness (QED) is 0.699. The van der Waals surface area contributed by atoms with E-state index in [1.54, 1.807) is 8.61 Å². The second-order valence-corrected chi connectivity index (χ2v) is 7.24. The van der Waals surface area contributed by atoms with Crippen molar-refractivity contribution in [3.63, 3.8) is 0 Å². The second-order valence-electron chi connectivity index (χ2n) is 5.31. The number of hydrogen-bond acceptors (Lipinski definition) is 3. The zero-order chi connectivity index (χ0) is 14.3. The molecule has 5 nitrogen and oxygen atoms in total. The van der Waals surface area contributed by atoms with E-state index in [9.17, 15) is 8.42 Å². The number of hydrogen-bond donors (Lipinski definition) is 1. The van der Waals surface area contributed by atoms with Crippen LogP contribution in [0.3, 0.4) is 0 Å². The Morgan fingerprint density at radius 3 is 2.21 bits per heavy atom. The van der Waals surface area contributed by atoms with Crippen molar-refractivity contribution in [2.24, 2.45) is 5.92 Å². The lowest BCUT2D eigenvalue weighted by Gasteiger charge is -2.27. The molecule has 1 N–H and O–H groups in total. The van der Waals surface area contributed by atoms with E-state index in [2.05, 4.69) is 13.8 Å². The van der Waals surface area contributed by atoms with E-state index < -0.39 is 10.2 Å². The maximum absolute atomic E-state index is 12.6. The summed E-state index contributed by atoms with van der Waals surface area (Å²) in [5.74, 6) is 0.106. The van der Waals surface area contributed by atoms with Crippen molar-refractivity contribution in [1.82, 2.24) is 8.61 Å². The number of rotatable bonds is 9. The van der Waals surface area contributed by atoms with Gasteiger partial charge in [-0.15, -0.1) is 0 Å². The second kappa shape index (κ2) is 8.19. The van der Waals surface area contributed by atoms with Crippen LogP contribution in [0.5, 0.6) is 0 Å². The molecule has 0 radical (unpaired) electrons. The van der Waals surface area contributed by atoms with Crippen LogP contribution >= 0.6 is 0 Å². The van der Waals surface area contributed by atoms with Gasteiger partial charge in [0.05, 0.1) is 0 Å². The summed E-state index contributed by atoms with van der Waals surface area (Å²) in [6.45, 7) is 6.45. The zero-order valence-electron chi connectivity index (χ0n) is 12.2. The Kier molecular flexibility index (Phi) is 7.28. The van der Waals surface area contributed by atoms with Crippen LogP contribution in [0.15, 0.2) is 0 Å².